The van der Waals surface area contributed by atoms with Crippen LogP contribution >= 0.6 is 23.2 Å². The summed E-state index contributed by atoms with van der Waals surface area (Å²) in [5.74, 6) is -2.04. The van der Waals surface area contributed by atoms with E-state index in [1.807, 2.05) is 18.2 Å². The van der Waals surface area contributed by atoms with E-state index in [1.54, 1.807) is 28.9 Å². The maximum Gasteiger partial charge on any atom is 0.357 e. The van der Waals surface area contributed by atoms with Gasteiger partial charge in [-0.1, -0.05) is 47.5 Å². The van der Waals surface area contributed by atoms with Crippen LogP contribution in [0.4, 0.5) is 0 Å². The molecule has 0 saturated heterocycles. The van der Waals surface area contributed by atoms with Gasteiger partial charge in [0.05, 0.1) is 12.1 Å². The first-order valence-corrected chi connectivity index (χ1v) is 10.5. The van der Waals surface area contributed by atoms with E-state index in [0.717, 1.165) is 11.1 Å². The van der Waals surface area contributed by atoms with Crippen molar-refractivity contribution in [2.45, 2.75) is 25.4 Å². The molecule has 33 heavy (non-hydrogen) atoms. The minimum absolute atomic E-state index is 0.0129. The van der Waals surface area contributed by atoms with Gasteiger partial charge in [0.25, 0.3) is 0 Å². The number of carboxylic acids is 2. The van der Waals surface area contributed by atoms with E-state index in [0.29, 0.717) is 41.4 Å². The second-order valence-electron chi connectivity index (χ2n) is 6.96. The zero-order chi connectivity index (χ0) is 24.5. The number of fused-ring (bicyclic) bond motifs is 1. The lowest BCUT2D eigenvalue weighted by Gasteiger charge is -2.06. The molecule has 0 spiro atoms. The molecule has 0 fully saturated rings. The number of benzene rings is 2. The summed E-state index contributed by atoms with van der Waals surface area (Å²) in [6, 6.07) is 11.6. The van der Waals surface area contributed by atoms with Crippen molar-refractivity contribution in [3.8, 4) is 0 Å². The maximum absolute atomic E-state index is 11.3. The molecular formula is C21H24Cl2N6O4. The topological polar surface area (TPSA) is 183 Å². The number of aliphatic carboxylic acids is 1. The lowest BCUT2D eigenvalue weighted by Crippen LogP contribution is -2.30. The molecule has 0 saturated carbocycles. The Kier molecular flexibility index (Phi) is 9.46. The van der Waals surface area contributed by atoms with E-state index in [9.17, 15) is 14.7 Å². The fourth-order valence-corrected chi connectivity index (χ4v) is 3.33. The molecule has 0 unspecified atom stereocenters. The van der Waals surface area contributed by atoms with Crippen LogP contribution in [0, 0.1) is 0 Å². The van der Waals surface area contributed by atoms with Crippen molar-refractivity contribution in [2.24, 2.45) is 22.2 Å². The van der Waals surface area contributed by atoms with Gasteiger partial charge in [-0.05, 0) is 36.6 Å². The Morgan fingerprint density at radius 3 is 2.42 bits per heavy atom. The van der Waals surface area contributed by atoms with E-state index in [-0.39, 0.29) is 11.7 Å². The third-order valence-corrected chi connectivity index (χ3v) is 5.07. The Hall–Kier alpha value is -3.34. The summed E-state index contributed by atoms with van der Waals surface area (Å²) < 4.78 is 1.63. The smallest absolute Gasteiger partial charge is 0.357 e. The number of hydrogen-bond acceptors (Lipinski definition) is 5. The third-order valence-electron chi connectivity index (χ3n) is 4.48. The largest absolute Gasteiger partial charge is 0.480 e. The number of aromatic carboxylic acids is 1. The average Bonchev–Trinajstić information content (AvgIpc) is 3.12. The fourth-order valence-electron chi connectivity index (χ4n) is 2.86. The Balaban J connectivity index is 0.000000277. The van der Waals surface area contributed by atoms with Crippen LogP contribution in [-0.4, -0.2) is 50.5 Å². The van der Waals surface area contributed by atoms with Crippen molar-refractivity contribution >= 4 is 52.0 Å². The number of rotatable bonds is 8. The highest BCUT2D eigenvalue weighted by atomic mass is 35.5. The number of halogens is 2. The number of carboxylic acid groups (broad SMARTS) is 2. The van der Waals surface area contributed by atoms with Gasteiger partial charge in [0.15, 0.2) is 11.7 Å². The number of guanidine groups is 1. The van der Waals surface area contributed by atoms with Crippen LogP contribution in [0.3, 0.4) is 0 Å². The number of hydrogen-bond donors (Lipinski definition) is 5. The van der Waals surface area contributed by atoms with Gasteiger partial charge in [-0.3, -0.25) is 14.5 Å². The molecule has 0 radical (unpaired) electrons. The molecule has 0 amide bonds. The summed E-state index contributed by atoms with van der Waals surface area (Å²) in [6.45, 7) is 0.799. The average molecular weight is 495 g/mol. The van der Waals surface area contributed by atoms with Crippen molar-refractivity contribution in [1.82, 2.24) is 9.78 Å². The Morgan fingerprint density at radius 1 is 1.12 bits per heavy atom. The van der Waals surface area contributed by atoms with E-state index in [2.05, 4.69) is 10.1 Å². The van der Waals surface area contributed by atoms with E-state index in [4.69, 9.17) is 45.5 Å². The highest BCUT2D eigenvalue weighted by Gasteiger charge is 2.16. The normalized spacial score (nSPS) is 11.4. The first-order valence-electron chi connectivity index (χ1n) is 9.76. The molecule has 1 aromatic heterocycles. The van der Waals surface area contributed by atoms with Crippen LogP contribution in [0.5, 0.6) is 0 Å². The molecular weight excluding hydrogens is 471 g/mol. The highest BCUT2D eigenvalue weighted by molar-refractivity contribution is 6.35. The lowest BCUT2D eigenvalue weighted by atomic mass is 10.2. The zero-order valence-electron chi connectivity index (χ0n) is 17.5. The van der Waals surface area contributed by atoms with E-state index < -0.39 is 18.0 Å². The molecule has 3 aromatic rings. The number of nitrogens with zero attached hydrogens (tertiary/aromatic N) is 3. The minimum atomic E-state index is -1.05. The quantitative estimate of drug-likeness (QED) is 0.179. The van der Waals surface area contributed by atoms with Gasteiger partial charge in [0.2, 0.25) is 0 Å². The second kappa shape index (κ2) is 12.0. The van der Waals surface area contributed by atoms with Crippen LogP contribution in [-0.2, 0) is 11.3 Å². The molecule has 8 N–H and O–H groups in total. The van der Waals surface area contributed by atoms with Crippen LogP contribution in [0.2, 0.25) is 10.0 Å². The van der Waals surface area contributed by atoms with Crippen molar-refractivity contribution < 1.29 is 19.8 Å². The summed E-state index contributed by atoms with van der Waals surface area (Å²) >= 11 is 12.0. The lowest BCUT2D eigenvalue weighted by molar-refractivity contribution is -0.138. The number of aromatic nitrogens is 2. The molecule has 0 bridgehead atoms. The second-order valence-corrected chi connectivity index (χ2v) is 7.80. The van der Waals surface area contributed by atoms with Gasteiger partial charge >= 0.3 is 11.9 Å². The van der Waals surface area contributed by atoms with Gasteiger partial charge < -0.3 is 27.4 Å². The van der Waals surface area contributed by atoms with Gasteiger partial charge in [-0.2, -0.15) is 5.10 Å². The molecule has 176 valence electrons. The van der Waals surface area contributed by atoms with E-state index in [1.165, 1.54) is 0 Å². The molecule has 0 aliphatic rings. The number of para-hydroxylation sites is 1. The van der Waals surface area contributed by atoms with E-state index >= 15 is 0 Å². The fraction of sp³-hybridized carbons (Fsp3) is 0.238. The summed E-state index contributed by atoms with van der Waals surface area (Å²) in [6.07, 6.45) is 0.956. The molecule has 1 heterocycles. The summed E-state index contributed by atoms with van der Waals surface area (Å²) in [7, 11) is 0. The van der Waals surface area contributed by atoms with Crippen molar-refractivity contribution in [2.75, 3.05) is 6.54 Å². The highest BCUT2D eigenvalue weighted by Crippen LogP contribution is 2.24. The molecule has 0 aliphatic carbocycles. The third kappa shape index (κ3) is 7.63. The van der Waals surface area contributed by atoms with Crippen LogP contribution < -0.4 is 17.2 Å². The predicted octanol–water partition coefficient (Wildman–Crippen LogP) is 2.54. The Bertz CT molecular complexity index is 1160. The van der Waals surface area contributed by atoms with Gasteiger partial charge in [0, 0.05) is 22.0 Å². The molecule has 1 atom stereocenters. The first-order chi connectivity index (χ1) is 15.6. The van der Waals surface area contributed by atoms with Crippen LogP contribution in [0.15, 0.2) is 47.5 Å². The summed E-state index contributed by atoms with van der Waals surface area (Å²) in [5.41, 5.74) is 16.9. The first kappa shape index (κ1) is 25.9. The molecule has 2 aromatic carbocycles. The molecule has 3 rings (SSSR count). The van der Waals surface area contributed by atoms with Crippen LogP contribution in [0.25, 0.3) is 10.9 Å². The van der Waals surface area contributed by atoms with Gasteiger partial charge in [-0.25, -0.2) is 4.79 Å². The molecule has 10 nitrogen and oxygen atoms in total. The van der Waals surface area contributed by atoms with Gasteiger partial charge in [0.1, 0.15) is 6.04 Å². The standard InChI is InChI=1S/C15H10Cl2N2O2.C6H14N4O2/c16-10-6-5-9(12(17)7-10)8-19-13-4-2-1-3-11(13)14(18-19)15(20)21;7-4(5(11)12)2-1-3-10-6(8)9/h1-7H,8H2,(H,20,21);4H,1-3,7H2,(H,11,12)(H4,8,9,10)/t;4-/m.0/s1. The van der Waals surface area contributed by atoms with Crippen molar-refractivity contribution in [3.63, 3.8) is 0 Å². The van der Waals surface area contributed by atoms with Crippen LogP contribution in [0.1, 0.15) is 28.9 Å². The molecule has 0 aliphatic heterocycles. The monoisotopic (exact) mass is 494 g/mol. The maximum atomic E-state index is 11.3. The number of aliphatic imine (C=N–C) groups is 1. The van der Waals surface area contributed by atoms with Gasteiger partial charge in [-0.15, -0.1) is 0 Å². The van der Waals surface area contributed by atoms with Crippen molar-refractivity contribution in [3.05, 3.63) is 63.8 Å². The molecule has 12 heteroatoms. The SMILES string of the molecule is NC(N)=NCCC[C@H](N)C(=O)O.O=C(O)c1nn(Cc2ccc(Cl)cc2Cl)c2ccccc12. The Labute approximate surface area is 199 Å². The Morgan fingerprint density at radius 2 is 1.82 bits per heavy atom. The predicted molar refractivity (Wildman–Crippen MR) is 128 cm³/mol. The number of nitrogens with two attached hydrogens (primary N) is 3. The summed E-state index contributed by atoms with van der Waals surface area (Å²) in [4.78, 5) is 25.2. The minimum Gasteiger partial charge on any atom is -0.480 e. The van der Waals surface area contributed by atoms with Crippen molar-refractivity contribution in [1.29, 1.82) is 0 Å². The summed E-state index contributed by atoms with van der Waals surface area (Å²) in [5, 5.41) is 23.5. The zero-order valence-corrected chi connectivity index (χ0v) is 19.0. The number of carbonyl (C=O) groups is 2.